The molecule has 0 aliphatic rings. The highest BCUT2D eigenvalue weighted by atomic mass is 19.1. The smallest absolute Gasteiger partial charge is 0.254 e. The summed E-state index contributed by atoms with van der Waals surface area (Å²) in [6.45, 7) is 5.87. The first-order chi connectivity index (χ1) is 12.7. The SMILES string of the molecule is CCN(CC(=O)Nc1c(C)cccc1C)C(=O)c1ccc(N(C)C)c(F)c1. The molecule has 0 radical (unpaired) electrons. The zero-order valence-corrected chi connectivity index (χ0v) is 16.5. The summed E-state index contributed by atoms with van der Waals surface area (Å²) in [4.78, 5) is 28.2. The molecular weight excluding hydrogens is 345 g/mol. The zero-order valence-electron chi connectivity index (χ0n) is 16.5. The molecule has 0 aliphatic carbocycles. The molecule has 0 unspecified atom stereocenters. The van der Waals surface area contributed by atoms with Crippen molar-refractivity contribution >= 4 is 23.2 Å². The van der Waals surface area contributed by atoms with Gasteiger partial charge < -0.3 is 15.1 Å². The molecule has 144 valence electrons. The van der Waals surface area contributed by atoms with Gasteiger partial charge in [0.1, 0.15) is 12.4 Å². The molecule has 27 heavy (non-hydrogen) atoms. The van der Waals surface area contributed by atoms with Crippen molar-refractivity contribution in [2.45, 2.75) is 20.8 Å². The van der Waals surface area contributed by atoms with E-state index in [0.29, 0.717) is 12.2 Å². The van der Waals surface area contributed by atoms with Crippen LogP contribution in [0.15, 0.2) is 36.4 Å². The molecule has 0 spiro atoms. The lowest BCUT2D eigenvalue weighted by Crippen LogP contribution is -2.38. The van der Waals surface area contributed by atoms with Gasteiger partial charge in [-0.05, 0) is 50.1 Å². The van der Waals surface area contributed by atoms with Gasteiger partial charge in [0.15, 0.2) is 0 Å². The lowest BCUT2D eigenvalue weighted by atomic mass is 10.1. The van der Waals surface area contributed by atoms with Crippen molar-refractivity contribution in [3.05, 3.63) is 58.9 Å². The molecule has 0 atom stereocenters. The van der Waals surface area contributed by atoms with E-state index in [-0.39, 0.29) is 23.9 Å². The minimum Gasteiger partial charge on any atom is -0.375 e. The first-order valence-electron chi connectivity index (χ1n) is 8.86. The summed E-state index contributed by atoms with van der Waals surface area (Å²) >= 11 is 0. The highest BCUT2D eigenvalue weighted by molar-refractivity contribution is 6.00. The molecule has 6 heteroatoms. The highest BCUT2D eigenvalue weighted by Gasteiger charge is 2.19. The summed E-state index contributed by atoms with van der Waals surface area (Å²) in [6.07, 6.45) is 0. The number of carbonyl (C=O) groups is 2. The predicted octanol–water partition coefficient (Wildman–Crippen LogP) is 3.61. The van der Waals surface area contributed by atoms with Crippen molar-refractivity contribution in [1.29, 1.82) is 0 Å². The van der Waals surface area contributed by atoms with Gasteiger partial charge >= 0.3 is 0 Å². The molecule has 0 saturated carbocycles. The summed E-state index contributed by atoms with van der Waals surface area (Å²) in [7, 11) is 3.46. The van der Waals surface area contributed by atoms with E-state index in [1.165, 1.54) is 11.0 Å². The lowest BCUT2D eigenvalue weighted by molar-refractivity contribution is -0.116. The van der Waals surface area contributed by atoms with E-state index in [1.54, 1.807) is 38.1 Å². The number of para-hydroxylation sites is 1. The molecule has 0 aliphatic heterocycles. The molecule has 2 rings (SSSR count). The number of amides is 2. The highest BCUT2D eigenvalue weighted by Crippen LogP contribution is 2.21. The number of aryl methyl sites for hydroxylation is 2. The van der Waals surface area contributed by atoms with Crippen LogP contribution in [0.4, 0.5) is 15.8 Å². The van der Waals surface area contributed by atoms with Gasteiger partial charge in [0, 0.05) is 31.9 Å². The second-order valence-electron chi connectivity index (χ2n) is 6.69. The third kappa shape index (κ3) is 4.84. The largest absolute Gasteiger partial charge is 0.375 e. The normalized spacial score (nSPS) is 10.4. The minimum absolute atomic E-state index is 0.0971. The van der Waals surface area contributed by atoms with Crippen molar-refractivity contribution in [2.24, 2.45) is 0 Å². The van der Waals surface area contributed by atoms with Crippen molar-refractivity contribution < 1.29 is 14.0 Å². The van der Waals surface area contributed by atoms with E-state index in [0.717, 1.165) is 16.8 Å². The van der Waals surface area contributed by atoms with Gasteiger partial charge in [0.2, 0.25) is 5.91 Å². The third-order valence-electron chi connectivity index (χ3n) is 4.43. The second kappa shape index (κ2) is 8.66. The number of nitrogens with zero attached hydrogens (tertiary/aromatic N) is 2. The van der Waals surface area contributed by atoms with Gasteiger partial charge in [-0.1, -0.05) is 18.2 Å². The maximum absolute atomic E-state index is 14.2. The first-order valence-corrected chi connectivity index (χ1v) is 8.86. The molecule has 2 amide bonds. The molecule has 1 N–H and O–H groups in total. The molecule has 0 saturated heterocycles. The predicted molar refractivity (Wildman–Crippen MR) is 107 cm³/mol. The molecule has 0 bridgehead atoms. The maximum atomic E-state index is 14.2. The Morgan fingerprint density at radius 3 is 2.22 bits per heavy atom. The van der Waals surface area contributed by atoms with Crippen LogP contribution < -0.4 is 10.2 Å². The summed E-state index contributed by atoms with van der Waals surface area (Å²) in [5, 5.41) is 2.87. The Labute approximate surface area is 159 Å². The van der Waals surface area contributed by atoms with Crippen LogP contribution in [0.2, 0.25) is 0 Å². The maximum Gasteiger partial charge on any atom is 0.254 e. The van der Waals surface area contributed by atoms with Gasteiger partial charge in [-0.2, -0.15) is 0 Å². The number of carbonyl (C=O) groups excluding carboxylic acids is 2. The Kier molecular flexibility index (Phi) is 6.55. The van der Waals surface area contributed by atoms with Crippen LogP contribution in [0.3, 0.4) is 0 Å². The van der Waals surface area contributed by atoms with Crippen LogP contribution >= 0.6 is 0 Å². The van der Waals surface area contributed by atoms with Crippen molar-refractivity contribution in [2.75, 3.05) is 37.4 Å². The van der Waals surface area contributed by atoms with E-state index >= 15 is 0 Å². The van der Waals surface area contributed by atoms with Crippen LogP contribution in [0.5, 0.6) is 0 Å². The fourth-order valence-electron chi connectivity index (χ4n) is 2.88. The van der Waals surface area contributed by atoms with E-state index < -0.39 is 5.82 Å². The minimum atomic E-state index is -0.470. The van der Waals surface area contributed by atoms with Gasteiger partial charge in [-0.3, -0.25) is 9.59 Å². The number of halogens is 1. The Morgan fingerprint density at radius 2 is 1.70 bits per heavy atom. The second-order valence-corrected chi connectivity index (χ2v) is 6.69. The lowest BCUT2D eigenvalue weighted by Gasteiger charge is -2.22. The average molecular weight is 371 g/mol. The van der Waals surface area contributed by atoms with Crippen LogP contribution in [-0.4, -0.2) is 43.9 Å². The van der Waals surface area contributed by atoms with Gasteiger partial charge in [0.25, 0.3) is 5.91 Å². The zero-order chi connectivity index (χ0) is 20.1. The summed E-state index contributed by atoms with van der Waals surface area (Å²) < 4.78 is 14.2. The summed E-state index contributed by atoms with van der Waals surface area (Å²) in [6, 6.07) is 10.1. The van der Waals surface area contributed by atoms with Gasteiger partial charge in [-0.25, -0.2) is 4.39 Å². The van der Waals surface area contributed by atoms with Crippen LogP contribution in [0.1, 0.15) is 28.4 Å². The molecule has 0 heterocycles. The number of hydrogen-bond acceptors (Lipinski definition) is 3. The van der Waals surface area contributed by atoms with Crippen molar-refractivity contribution in [3.63, 3.8) is 0 Å². The molecule has 2 aromatic carbocycles. The quantitative estimate of drug-likeness (QED) is 0.844. The number of anilines is 2. The van der Waals surface area contributed by atoms with Crippen molar-refractivity contribution in [1.82, 2.24) is 4.90 Å². The monoisotopic (exact) mass is 371 g/mol. The average Bonchev–Trinajstić information content (AvgIpc) is 2.62. The van der Waals surface area contributed by atoms with Gasteiger partial charge in [-0.15, -0.1) is 0 Å². The molecule has 5 nitrogen and oxygen atoms in total. The van der Waals surface area contributed by atoms with E-state index in [1.807, 2.05) is 32.0 Å². The Balaban J connectivity index is 2.13. The number of benzene rings is 2. The topological polar surface area (TPSA) is 52.7 Å². The van der Waals surface area contributed by atoms with Crippen LogP contribution in [0.25, 0.3) is 0 Å². The molecular formula is C21H26FN3O2. The number of rotatable bonds is 6. The van der Waals surface area contributed by atoms with E-state index in [4.69, 9.17) is 0 Å². The van der Waals surface area contributed by atoms with Gasteiger partial charge in [0.05, 0.1) is 5.69 Å². The van der Waals surface area contributed by atoms with E-state index in [9.17, 15) is 14.0 Å². The van der Waals surface area contributed by atoms with Crippen LogP contribution in [0, 0.1) is 19.7 Å². The Hall–Kier alpha value is -2.89. The fourth-order valence-corrected chi connectivity index (χ4v) is 2.88. The third-order valence-corrected chi connectivity index (χ3v) is 4.43. The number of likely N-dealkylation sites (N-methyl/N-ethyl adjacent to an activating group) is 1. The molecule has 0 fully saturated rings. The fraction of sp³-hybridized carbons (Fsp3) is 0.333. The van der Waals surface area contributed by atoms with E-state index in [2.05, 4.69) is 5.32 Å². The van der Waals surface area contributed by atoms with Crippen LogP contribution in [-0.2, 0) is 4.79 Å². The Morgan fingerprint density at radius 1 is 1.07 bits per heavy atom. The first kappa shape index (κ1) is 20.4. The molecule has 2 aromatic rings. The number of hydrogen-bond donors (Lipinski definition) is 1. The Bertz CT molecular complexity index is 829. The summed E-state index contributed by atoms with van der Waals surface area (Å²) in [5.41, 5.74) is 3.30. The molecule has 0 aromatic heterocycles. The summed E-state index contributed by atoms with van der Waals surface area (Å²) in [5.74, 6) is -1.13. The standard InChI is InChI=1S/C21H26FN3O2/c1-6-25(13-19(26)23-20-14(2)8-7-9-15(20)3)21(27)16-10-11-18(24(4)5)17(22)12-16/h7-12H,6,13H2,1-5H3,(H,23,26). The van der Waals surface area contributed by atoms with Crippen molar-refractivity contribution in [3.8, 4) is 0 Å². The number of nitrogens with one attached hydrogen (secondary N) is 1.